The van der Waals surface area contributed by atoms with Gasteiger partial charge in [0.25, 0.3) is 5.91 Å². The van der Waals surface area contributed by atoms with Crippen LogP contribution >= 0.6 is 11.3 Å². The zero-order valence-electron chi connectivity index (χ0n) is 33.6. The molecular weight excluding hydrogens is 784 g/mol. The van der Waals surface area contributed by atoms with Crippen molar-refractivity contribution in [2.75, 3.05) is 64.6 Å². The van der Waals surface area contributed by atoms with Crippen LogP contribution in [0, 0.1) is 11.7 Å². The minimum atomic E-state index is -0.593. The fraction of sp³-hybridized carbons (Fsp3) is 0.625. The van der Waals surface area contributed by atoms with Crippen molar-refractivity contribution in [2.24, 2.45) is 13.0 Å². The summed E-state index contributed by atoms with van der Waals surface area (Å²) in [5, 5.41) is 19.7. The number of rotatable bonds is 23. The second-order valence-electron chi connectivity index (χ2n) is 15.6. The lowest BCUT2D eigenvalue weighted by Crippen LogP contribution is -2.52. The topological polar surface area (TPSA) is 203 Å². The number of carbonyl (C=O) groups is 4. The van der Waals surface area contributed by atoms with Gasteiger partial charge in [-0.05, 0) is 68.9 Å². The minimum Gasteiger partial charge on any atom is -0.378 e. The van der Waals surface area contributed by atoms with E-state index in [0.29, 0.717) is 89.0 Å². The van der Waals surface area contributed by atoms with Crippen molar-refractivity contribution in [3.63, 3.8) is 0 Å². The molecule has 3 aromatic rings. The van der Waals surface area contributed by atoms with E-state index in [1.807, 2.05) is 17.8 Å². The average molecular weight is 839 g/mol. The highest BCUT2D eigenvalue weighted by Gasteiger charge is 2.40. The molecule has 0 radical (unpaired) electrons. The van der Waals surface area contributed by atoms with Crippen molar-refractivity contribution in [3.8, 4) is 11.3 Å². The Bertz CT molecular complexity index is 1930. The van der Waals surface area contributed by atoms with Crippen LogP contribution in [0.15, 0.2) is 18.5 Å². The van der Waals surface area contributed by atoms with Crippen molar-refractivity contribution < 1.29 is 37.8 Å². The second-order valence-corrected chi connectivity index (χ2v) is 16.7. The Kier molecular flexibility index (Phi) is 15.0. The maximum atomic E-state index is 14.8. The number of halogens is 1. The van der Waals surface area contributed by atoms with E-state index in [1.165, 1.54) is 30.4 Å². The molecule has 1 atom stereocenters. The van der Waals surface area contributed by atoms with Gasteiger partial charge in [-0.2, -0.15) is 5.10 Å². The van der Waals surface area contributed by atoms with Crippen LogP contribution in [0.25, 0.3) is 11.3 Å². The first-order valence-electron chi connectivity index (χ1n) is 20.7. The second kappa shape index (κ2) is 20.7. The smallest absolute Gasteiger partial charge is 0.265 e. The molecule has 59 heavy (non-hydrogen) atoms. The van der Waals surface area contributed by atoms with Crippen LogP contribution in [0.2, 0.25) is 0 Å². The Labute approximate surface area is 346 Å². The van der Waals surface area contributed by atoms with Crippen LogP contribution in [-0.2, 0) is 55.2 Å². The zero-order chi connectivity index (χ0) is 41.1. The molecular formula is C40H55FN10O7S. The number of ether oxygens (including phenoxy) is 3. The molecule has 2 saturated carbocycles. The molecule has 0 bridgehead atoms. The monoisotopic (exact) mass is 838 g/mol. The minimum absolute atomic E-state index is 0.0760. The first-order chi connectivity index (χ1) is 28.7. The zero-order valence-corrected chi connectivity index (χ0v) is 34.4. The number of thiophene rings is 1. The Balaban J connectivity index is 0.656. The van der Waals surface area contributed by atoms with Crippen LogP contribution < -0.4 is 26.6 Å². The maximum absolute atomic E-state index is 14.8. The van der Waals surface area contributed by atoms with Gasteiger partial charge in [0.15, 0.2) is 5.82 Å². The average Bonchev–Trinajstić information content (AvgIpc) is 3.74. The summed E-state index contributed by atoms with van der Waals surface area (Å²) in [4.78, 5) is 61.0. The molecule has 5 heterocycles. The van der Waals surface area contributed by atoms with Crippen LogP contribution in [0.3, 0.4) is 0 Å². The fourth-order valence-electron chi connectivity index (χ4n) is 7.70. The van der Waals surface area contributed by atoms with Crippen LogP contribution in [0.5, 0.6) is 0 Å². The first-order valence-corrected chi connectivity index (χ1v) is 21.5. The predicted molar refractivity (Wildman–Crippen MR) is 216 cm³/mol. The van der Waals surface area contributed by atoms with Gasteiger partial charge in [0.2, 0.25) is 23.7 Å². The number of amides is 4. The normalized spacial score (nSPS) is 20.5. The highest BCUT2D eigenvalue weighted by Crippen LogP contribution is 2.36. The number of nitrogens with zero attached hydrogens (tertiary/aromatic N) is 5. The van der Waals surface area contributed by atoms with Crippen molar-refractivity contribution in [2.45, 2.75) is 89.0 Å². The molecule has 1 unspecified atom stereocenters. The number of nitrogens with one attached hydrogen (secondary N) is 5. The molecule has 2 aliphatic heterocycles. The number of aryl methyl sites for hydroxylation is 1. The number of hydrogen-bond donors (Lipinski definition) is 5. The van der Waals surface area contributed by atoms with Gasteiger partial charge in [0, 0.05) is 67.9 Å². The number of fused-ring (bicyclic) bond motifs is 1. The Morgan fingerprint density at radius 2 is 1.68 bits per heavy atom. The molecule has 4 aliphatic rings. The van der Waals surface area contributed by atoms with Gasteiger partial charge in [-0.1, -0.05) is 0 Å². The molecule has 17 nitrogen and oxygen atoms in total. The van der Waals surface area contributed by atoms with Crippen molar-refractivity contribution >= 4 is 40.9 Å². The summed E-state index contributed by atoms with van der Waals surface area (Å²) in [6, 6.07) is 1.82. The summed E-state index contributed by atoms with van der Waals surface area (Å²) in [5.41, 5.74) is 2.95. The quantitative estimate of drug-likeness (QED) is 0.0687. The summed E-state index contributed by atoms with van der Waals surface area (Å²) in [6.07, 6.45) is 10.4. The third-order valence-electron chi connectivity index (χ3n) is 11.1. The molecule has 5 N–H and O–H groups in total. The summed E-state index contributed by atoms with van der Waals surface area (Å²) in [7, 11) is 1.89. The third-order valence-corrected chi connectivity index (χ3v) is 12.3. The number of piperidine rings is 1. The SMILES string of the molecule is Cn1ncc(-c2nc(N[C@H]3CC[C@H](NCC(=O)NCCOCCOCCOCCNCc4cc5c(s4)C(=O)N(C4CCC(=O)NC4=O)C5)CC3)ncc2F)c1CC1CC1. The molecule has 3 fully saturated rings. The van der Waals surface area contributed by atoms with Crippen LogP contribution in [0.4, 0.5) is 10.3 Å². The van der Waals surface area contributed by atoms with Gasteiger partial charge in [0.1, 0.15) is 11.7 Å². The highest BCUT2D eigenvalue weighted by molar-refractivity contribution is 7.14. The number of anilines is 1. The van der Waals surface area contributed by atoms with Gasteiger partial charge in [-0.15, -0.1) is 11.3 Å². The largest absolute Gasteiger partial charge is 0.378 e. The Morgan fingerprint density at radius 3 is 2.41 bits per heavy atom. The van der Waals surface area contributed by atoms with E-state index >= 15 is 0 Å². The molecule has 19 heteroatoms. The molecule has 4 amide bonds. The predicted octanol–water partition coefficient (Wildman–Crippen LogP) is 2.06. The lowest BCUT2D eigenvalue weighted by molar-refractivity contribution is -0.137. The van der Waals surface area contributed by atoms with Crippen LogP contribution in [0.1, 0.15) is 77.2 Å². The van der Waals surface area contributed by atoms with Gasteiger partial charge < -0.3 is 40.4 Å². The Hall–Kier alpha value is -4.40. The van der Waals surface area contributed by atoms with E-state index in [-0.39, 0.29) is 48.5 Å². The lowest BCUT2D eigenvalue weighted by Gasteiger charge is -2.29. The third kappa shape index (κ3) is 11.9. The van der Waals surface area contributed by atoms with Gasteiger partial charge in [0.05, 0.1) is 63.5 Å². The van der Waals surface area contributed by atoms with Crippen molar-refractivity contribution in [1.29, 1.82) is 0 Å². The summed E-state index contributed by atoms with van der Waals surface area (Å²) < 4.78 is 33.4. The number of aromatic nitrogens is 4. The van der Waals surface area contributed by atoms with E-state index in [2.05, 4.69) is 41.7 Å². The number of hydrogen-bond acceptors (Lipinski definition) is 14. The molecule has 2 aliphatic carbocycles. The van der Waals surface area contributed by atoms with Gasteiger partial charge in [-0.25, -0.2) is 14.4 Å². The number of carbonyl (C=O) groups excluding carboxylic acids is 4. The highest BCUT2D eigenvalue weighted by atomic mass is 32.1. The van der Waals surface area contributed by atoms with Crippen molar-refractivity contribution in [3.05, 3.63) is 45.3 Å². The lowest BCUT2D eigenvalue weighted by atomic mass is 9.91. The van der Waals surface area contributed by atoms with E-state index in [9.17, 15) is 23.6 Å². The van der Waals surface area contributed by atoms with Gasteiger partial charge >= 0.3 is 0 Å². The maximum Gasteiger partial charge on any atom is 0.265 e. The van der Waals surface area contributed by atoms with E-state index in [0.717, 1.165) is 53.8 Å². The molecule has 7 rings (SSSR count). The fourth-order valence-corrected chi connectivity index (χ4v) is 8.79. The molecule has 0 aromatic carbocycles. The summed E-state index contributed by atoms with van der Waals surface area (Å²) in [5.74, 6) is -0.305. The van der Waals surface area contributed by atoms with Gasteiger partial charge in [-0.3, -0.25) is 29.2 Å². The molecule has 1 saturated heterocycles. The van der Waals surface area contributed by atoms with Crippen LogP contribution in [-0.4, -0.2) is 126 Å². The summed E-state index contributed by atoms with van der Waals surface area (Å²) >= 11 is 1.43. The first kappa shape index (κ1) is 42.7. The molecule has 3 aromatic heterocycles. The van der Waals surface area contributed by atoms with E-state index in [4.69, 9.17) is 14.2 Å². The van der Waals surface area contributed by atoms with E-state index < -0.39 is 17.8 Å². The number of imide groups is 1. The molecule has 320 valence electrons. The molecule has 0 spiro atoms. The Morgan fingerprint density at radius 1 is 0.949 bits per heavy atom. The van der Waals surface area contributed by atoms with Crippen molar-refractivity contribution in [1.82, 2.24) is 45.9 Å². The van der Waals surface area contributed by atoms with E-state index in [1.54, 1.807) is 11.1 Å². The summed E-state index contributed by atoms with van der Waals surface area (Å²) in [6.45, 7) is 4.96. The standard InChI is InChI=1S/C40H55FN10O7S/c1-50-33(18-25-2-3-25)30(21-46-50)36-31(41)22-45-40(49-36)47-28-6-4-27(5-7-28)44-23-35(53)43-11-13-57-15-17-58-16-14-56-12-10-42-20-29-19-26-24-51(39(55)37(26)59-29)32-8-9-34(52)48-38(32)54/h19,21-22,25,27-28,32,42,44H,2-18,20,23-24H2,1H3,(H,43,53)(H,45,47,49)(H,48,52,54)/t27-,28-,32?.